The van der Waals surface area contributed by atoms with Crippen molar-refractivity contribution in [3.8, 4) is 0 Å². The van der Waals surface area contributed by atoms with Crippen LogP contribution in [-0.4, -0.2) is 40.7 Å². The molecule has 0 aliphatic heterocycles. The van der Waals surface area contributed by atoms with Crippen molar-refractivity contribution in [3.05, 3.63) is 16.1 Å². The summed E-state index contributed by atoms with van der Waals surface area (Å²) in [6, 6.07) is -1.34. The maximum Gasteiger partial charge on any atom is 0.318 e. The van der Waals surface area contributed by atoms with Gasteiger partial charge in [-0.25, -0.2) is 9.78 Å². The molecule has 0 bridgehead atoms. The van der Waals surface area contributed by atoms with E-state index >= 15 is 0 Å². The van der Waals surface area contributed by atoms with Gasteiger partial charge in [-0.3, -0.25) is 9.59 Å². The summed E-state index contributed by atoms with van der Waals surface area (Å²) in [4.78, 5) is 41.5. The van der Waals surface area contributed by atoms with Gasteiger partial charge in [-0.1, -0.05) is 27.7 Å². The van der Waals surface area contributed by atoms with Crippen molar-refractivity contribution in [2.24, 2.45) is 11.7 Å². The maximum atomic E-state index is 12.3. The zero-order chi connectivity index (χ0) is 18.4. The van der Waals surface area contributed by atoms with Gasteiger partial charge < -0.3 is 16.0 Å². The average molecular weight is 354 g/mol. The second kappa shape index (κ2) is 8.77. The van der Waals surface area contributed by atoms with E-state index in [9.17, 15) is 14.4 Å². The molecule has 3 N–H and O–H groups in total. The normalized spacial score (nSPS) is 12.3. The fraction of sp³-hybridized carbons (Fsp3) is 0.625. The summed E-state index contributed by atoms with van der Waals surface area (Å²) in [5.41, 5.74) is 5.97. The first-order valence-corrected chi connectivity index (χ1v) is 8.77. The number of hydrogen-bond donors (Lipinski definition) is 2. The monoisotopic (exact) mass is 354 g/mol. The summed E-state index contributed by atoms with van der Waals surface area (Å²) >= 11 is 1.56. The number of nitrogens with two attached hydrogens (primary N) is 1. The topological polar surface area (TPSA) is 105 Å². The Kier molecular flexibility index (Phi) is 7.34. The van der Waals surface area contributed by atoms with Crippen LogP contribution in [0.5, 0.6) is 0 Å². The van der Waals surface area contributed by atoms with Gasteiger partial charge in [0.25, 0.3) is 0 Å². The first-order valence-electron chi connectivity index (χ1n) is 7.89. The van der Waals surface area contributed by atoms with Crippen LogP contribution in [0.1, 0.15) is 50.7 Å². The minimum Gasteiger partial charge on any atom is -0.370 e. The number of carbonyl (C=O) groups excluding carboxylic acids is 3. The quantitative estimate of drug-likeness (QED) is 0.743. The lowest BCUT2D eigenvalue weighted by molar-refractivity contribution is -0.127. The zero-order valence-corrected chi connectivity index (χ0v) is 15.6. The van der Waals surface area contributed by atoms with E-state index in [1.807, 2.05) is 5.38 Å². The first-order chi connectivity index (χ1) is 11.1. The van der Waals surface area contributed by atoms with Crippen molar-refractivity contribution >= 4 is 29.1 Å². The number of ketones is 1. The summed E-state index contributed by atoms with van der Waals surface area (Å²) in [6.07, 6.45) is -0.204. The van der Waals surface area contributed by atoms with Gasteiger partial charge >= 0.3 is 6.03 Å². The molecule has 0 aliphatic carbocycles. The summed E-state index contributed by atoms with van der Waals surface area (Å²) in [6.45, 7) is 7.88. The Morgan fingerprint density at radius 2 is 1.92 bits per heavy atom. The SMILES string of the molecule is CC(C)C(=O)C(CC(N)=O)NC(=O)N(C)Cc1csc(C(C)C)n1. The van der Waals surface area contributed by atoms with E-state index in [0.717, 1.165) is 10.7 Å². The third-order valence-corrected chi connectivity index (χ3v) is 4.62. The molecule has 7 nitrogen and oxygen atoms in total. The van der Waals surface area contributed by atoms with E-state index in [1.165, 1.54) is 4.90 Å². The minimum absolute atomic E-state index is 0.204. The molecule has 3 amide bonds. The molecule has 0 spiro atoms. The Morgan fingerprint density at radius 3 is 2.38 bits per heavy atom. The number of rotatable bonds is 8. The average Bonchev–Trinajstić information content (AvgIpc) is 2.93. The highest BCUT2D eigenvalue weighted by Gasteiger charge is 2.26. The molecule has 134 valence electrons. The number of Topliss-reactive ketones (excluding diaryl/α,β-unsaturated/α-hetero) is 1. The Morgan fingerprint density at radius 1 is 1.29 bits per heavy atom. The second-order valence-electron chi connectivity index (χ2n) is 6.42. The van der Waals surface area contributed by atoms with E-state index in [0.29, 0.717) is 12.5 Å². The van der Waals surface area contributed by atoms with E-state index in [4.69, 9.17) is 5.73 Å². The number of amides is 3. The molecule has 0 aromatic carbocycles. The molecule has 1 atom stereocenters. The highest BCUT2D eigenvalue weighted by atomic mass is 32.1. The Bertz CT molecular complexity index is 598. The number of thiazole rings is 1. The van der Waals surface area contributed by atoms with Gasteiger partial charge in [0.1, 0.15) is 0 Å². The van der Waals surface area contributed by atoms with Crippen LogP contribution in [0.25, 0.3) is 0 Å². The summed E-state index contributed by atoms with van der Waals surface area (Å²) in [7, 11) is 1.62. The fourth-order valence-electron chi connectivity index (χ4n) is 2.06. The molecule has 8 heteroatoms. The van der Waals surface area contributed by atoms with Crippen molar-refractivity contribution in [2.45, 2.75) is 52.6 Å². The maximum absolute atomic E-state index is 12.3. The van der Waals surface area contributed by atoms with E-state index in [2.05, 4.69) is 24.1 Å². The van der Waals surface area contributed by atoms with Crippen molar-refractivity contribution in [3.63, 3.8) is 0 Å². The van der Waals surface area contributed by atoms with E-state index in [1.54, 1.807) is 32.2 Å². The number of nitrogens with one attached hydrogen (secondary N) is 1. The molecule has 0 saturated heterocycles. The molecule has 1 unspecified atom stereocenters. The van der Waals surface area contributed by atoms with Gasteiger partial charge in [-0.15, -0.1) is 11.3 Å². The molecule has 0 saturated carbocycles. The number of primary amides is 1. The standard InChI is InChI=1S/C16H26N4O3S/c1-9(2)14(22)12(6-13(17)21)19-16(23)20(5)7-11-8-24-15(18-11)10(3)4/h8-10,12H,6-7H2,1-5H3,(H2,17,21)(H,19,23). The van der Waals surface area contributed by atoms with Gasteiger partial charge in [0, 0.05) is 24.3 Å². The summed E-state index contributed by atoms with van der Waals surface area (Å²) in [5.74, 6) is -0.803. The highest BCUT2D eigenvalue weighted by Crippen LogP contribution is 2.19. The van der Waals surface area contributed by atoms with Crippen LogP contribution in [0.15, 0.2) is 5.38 Å². The zero-order valence-electron chi connectivity index (χ0n) is 14.8. The fourth-order valence-corrected chi connectivity index (χ4v) is 2.89. The van der Waals surface area contributed by atoms with Crippen LogP contribution < -0.4 is 11.1 Å². The van der Waals surface area contributed by atoms with Crippen molar-refractivity contribution < 1.29 is 14.4 Å². The lowest BCUT2D eigenvalue weighted by Crippen LogP contribution is -2.49. The summed E-state index contributed by atoms with van der Waals surface area (Å²) < 4.78 is 0. The predicted molar refractivity (Wildman–Crippen MR) is 93.6 cm³/mol. The molecule has 0 fully saturated rings. The molecule has 0 aliphatic rings. The van der Waals surface area contributed by atoms with Gasteiger partial charge in [-0.2, -0.15) is 0 Å². The van der Waals surface area contributed by atoms with Crippen LogP contribution >= 0.6 is 11.3 Å². The highest BCUT2D eigenvalue weighted by molar-refractivity contribution is 7.09. The van der Waals surface area contributed by atoms with Gasteiger partial charge in [0.15, 0.2) is 5.78 Å². The van der Waals surface area contributed by atoms with Crippen LogP contribution in [0.4, 0.5) is 4.79 Å². The van der Waals surface area contributed by atoms with E-state index < -0.39 is 18.0 Å². The first kappa shape index (κ1) is 20.1. The van der Waals surface area contributed by atoms with Gasteiger partial charge in [0.05, 0.1) is 29.7 Å². The molecular formula is C16H26N4O3S. The number of nitrogens with zero attached hydrogens (tertiary/aromatic N) is 2. The number of aromatic nitrogens is 1. The van der Waals surface area contributed by atoms with Crippen LogP contribution in [0.2, 0.25) is 0 Å². The third-order valence-electron chi connectivity index (χ3n) is 3.42. The molecule has 1 aromatic rings. The Hall–Kier alpha value is -1.96. The Labute approximate surface area is 146 Å². The van der Waals surface area contributed by atoms with Crippen LogP contribution in [-0.2, 0) is 16.1 Å². The molecule has 1 aromatic heterocycles. The van der Waals surface area contributed by atoms with Crippen molar-refractivity contribution in [2.75, 3.05) is 7.05 Å². The lowest BCUT2D eigenvalue weighted by atomic mass is 9.99. The molecule has 24 heavy (non-hydrogen) atoms. The molecule has 1 heterocycles. The van der Waals surface area contributed by atoms with Crippen molar-refractivity contribution in [1.29, 1.82) is 0 Å². The smallest absolute Gasteiger partial charge is 0.318 e. The Balaban J connectivity index is 2.71. The molecule has 1 rings (SSSR count). The number of hydrogen-bond acceptors (Lipinski definition) is 5. The number of urea groups is 1. The second-order valence-corrected chi connectivity index (χ2v) is 7.31. The minimum atomic E-state index is -0.904. The lowest BCUT2D eigenvalue weighted by Gasteiger charge is -2.23. The van der Waals surface area contributed by atoms with Crippen LogP contribution in [0, 0.1) is 5.92 Å². The molecular weight excluding hydrogens is 328 g/mol. The van der Waals surface area contributed by atoms with Crippen molar-refractivity contribution in [1.82, 2.24) is 15.2 Å². The summed E-state index contributed by atoms with van der Waals surface area (Å²) in [5, 5.41) is 5.52. The van der Waals surface area contributed by atoms with Gasteiger partial charge in [0.2, 0.25) is 5.91 Å². The number of carbonyl (C=O) groups is 3. The molecule has 0 radical (unpaired) electrons. The van der Waals surface area contributed by atoms with E-state index in [-0.39, 0.29) is 18.1 Å². The largest absolute Gasteiger partial charge is 0.370 e. The van der Waals surface area contributed by atoms with Gasteiger partial charge in [-0.05, 0) is 0 Å². The van der Waals surface area contributed by atoms with Crippen LogP contribution in [0.3, 0.4) is 0 Å². The third kappa shape index (κ3) is 5.92. The predicted octanol–water partition coefficient (Wildman–Crippen LogP) is 1.88.